The zero-order chi connectivity index (χ0) is 21.7. The van der Waals surface area contributed by atoms with Gasteiger partial charge in [0.1, 0.15) is 18.8 Å². The second-order valence-corrected chi connectivity index (χ2v) is 7.66. The molecule has 30 heavy (non-hydrogen) atoms. The molecule has 2 aromatic rings. The lowest BCUT2D eigenvalue weighted by molar-refractivity contribution is -0.135. The van der Waals surface area contributed by atoms with Crippen LogP contribution in [0.25, 0.3) is 0 Å². The Morgan fingerprint density at radius 1 is 1.30 bits per heavy atom. The minimum atomic E-state index is -1.15. The maximum Gasteiger partial charge on any atom is 0.322 e. The highest BCUT2D eigenvalue weighted by Gasteiger charge is 2.31. The molecule has 8 nitrogen and oxygen atoms in total. The number of aliphatic carboxylic acids is 1. The number of rotatable bonds is 8. The molecule has 0 radical (unpaired) electrons. The number of amides is 2. The van der Waals surface area contributed by atoms with E-state index in [0.717, 1.165) is 31.2 Å². The Hall–Kier alpha value is -3.16. The molecule has 0 fully saturated rings. The van der Waals surface area contributed by atoms with Crippen LogP contribution in [0.5, 0.6) is 0 Å². The van der Waals surface area contributed by atoms with E-state index in [-0.39, 0.29) is 29.3 Å². The quantitative estimate of drug-likeness (QED) is 0.612. The Morgan fingerprint density at radius 2 is 2.07 bits per heavy atom. The van der Waals surface area contributed by atoms with Crippen LogP contribution in [0.4, 0.5) is 0 Å². The van der Waals surface area contributed by atoms with Crippen molar-refractivity contribution in [1.29, 1.82) is 0 Å². The van der Waals surface area contributed by atoms with E-state index in [1.54, 1.807) is 0 Å². The van der Waals surface area contributed by atoms with Crippen LogP contribution in [-0.2, 0) is 16.0 Å². The van der Waals surface area contributed by atoms with E-state index in [1.165, 1.54) is 11.8 Å². The van der Waals surface area contributed by atoms with Gasteiger partial charge in [0.15, 0.2) is 5.69 Å². The molecule has 1 unspecified atom stereocenters. The molecule has 0 aliphatic heterocycles. The van der Waals surface area contributed by atoms with E-state index < -0.39 is 24.5 Å². The molecule has 1 aliphatic carbocycles. The third-order valence-corrected chi connectivity index (χ3v) is 5.62. The first kappa shape index (κ1) is 21.5. The summed E-state index contributed by atoms with van der Waals surface area (Å²) in [6.07, 6.45) is 4.67. The molecule has 0 saturated carbocycles. The number of benzene rings is 1. The van der Waals surface area contributed by atoms with Crippen molar-refractivity contribution in [2.45, 2.75) is 51.5 Å². The highest BCUT2D eigenvalue weighted by Crippen LogP contribution is 2.33. The van der Waals surface area contributed by atoms with Crippen LogP contribution in [0.15, 0.2) is 34.9 Å². The van der Waals surface area contributed by atoms with Crippen molar-refractivity contribution < 1.29 is 23.9 Å². The number of carboxylic acid groups (broad SMARTS) is 1. The van der Waals surface area contributed by atoms with Gasteiger partial charge in [-0.2, -0.15) is 0 Å². The predicted molar refractivity (Wildman–Crippen MR) is 109 cm³/mol. The SMILES string of the molecule is CC[C@H](C)[C@H](NC(=O)C1CCCc2ccccc21)c1nc(C(=O)NCC(=O)O)co1. The number of nitrogens with one attached hydrogen (secondary N) is 2. The van der Waals surface area contributed by atoms with Crippen molar-refractivity contribution in [2.24, 2.45) is 5.92 Å². The molecular formula is C22H27N3O5. The molecule has 3 atom stereocenters. The zero-order valence-electron chi connectivity index (χ0n) is 17.2. The fraction of sp³-hybridized carbons (Fsp3) is 0.455. The molecule has 8 heteroatoms. The van der Waals surface area contributed by atoms with Gasteiger partial charge < -0.3 is 20.2 Å². The molecule has 0 spiro atoms. The van der Waals surface area contributed by atoms with Crippen LogP contribution in [0, 0.1) is 5.92 Å². The van der Waals surface area contributed by atoms with Gasteiger partial charge in [-0.1, -0.05) is 44.5 Å². The van der Waals surface area contributed by atoms with Crippen molar-refractivity contribution >= 4 is 17.8 Å². The third-order valence-electron chi connectivity index (χ3n) is 5.62. The fourth-order valence-electron chi connectivity index (χ4n) is 3.74. The van der Waals surface area contributed by atoms with Gasteiger partial charge in [-0.15, -0.1) is 0 Å². The second-order valence-electron chi connectivity index (χ2n) is 7.66. The number of aromatic nitrogens is 1. The zero-order valence-corrected chi connectivity index (χ0v) is 17.2. The first-order valence-electron chi connectivity index (χ1n) is 10.2. The minimum absolute atomic E-state index is 0.0168. The predicted octanol–water partition coefficient (Wildman–Crippen LogP) is 2.81. The maximum atomic E-state index is 13.2. The number of carboxylic acids is 1. The van der Waals surface area contributed by atoms with Crippen molar-refractivity contribution in [3.63, 3.8) is 0 Å². The van der Waals surface area contributed by atoms with E-state index in [9.17, 15) is 14.4 Å². The molecular weight excluding hydrogens is 386 g/mol. The second kappa shape index (κ2) is 9.56. The number of carbonyl (C=O) groups excluding carboxylic acids is 2. The molecule has 1 aliphatic rings. The Labute approximate surface area is 175 Å². The average molecular weight is 413 g/mol. The molecule has 0 bridgehead atoms. The van der Waals surface area contributed by atoms with Crippen LogP contribution in [0.3, 0.4) is 0 Å². The summed E-state index contributed by atoms with van der Waals surface area (Å²) in [5.74, 6) is -1.83. The Morgan fingerprint density at radius 3 is 2.80 bits per heavy atom. The molecule has 2 amide bonds. The largest absolute Gasteiger partial charge is 0.480 e. The summed E-state index contributed by atoms with van der Waals surface area (Å²) < 4.78 is 5.50. The summed E-state index contributed by atoms with van der Waals surface area (Å²) in [5, 5.41) is 14.0. The number of hydrogen-bond acceptors (Lipinski definition) is 5. The maximum absolute atomic E-state index is 13.2. The number of aryl methyl sites for hydroxylation is 1. The molecule has 1 aromatic heterocycles. The van der Waals surface area contributed by atoms with Gasteiger partial charge in [0.25, 0.3) is 5.91 Å². The highest BCUT2D eigenvalue weighted by molar-refractivity contribution is 5.93. The van der Waals surface area contributed by atoms with Gasteiger partial charge in [0.05, 0.1) is 5.92 Å². The van der Waals surface area contributed by atoms with Crippen LogP contribution >= 0.6 is 0 Å². The van der Waals surface area contributed by atoms with E-state index in [1.807, 2.05) is 32.0 Å². The van der Waals surface area contributed by atoms with Gasteiger partial charge >= 0.3 is 5.97 Å². The number of fused-ring (bicyclic) bond motifs is 1. The third kappa shape index (κ3) is 4.87. The Bertz CT molecular complexity index is 923. The van der Waals surface area contributed by atoms with Crippen LogP contribution in [-0.4, -0.2) is 34.4 Å². The van der Waals surface area contributed by atoms with Crippen LogP contribution in [0.2, 0.25) is 0 Å². The lowest BCUT2D eigenvalue weighted by Gasteiger charge is -2.28. The number of carbonyl (C=O) groups is 3. The summed E-state index contributed by atoms with van der Waals surface area (Å²) >= 11 is 0. The van der Waals surface area contributed by atoms with Crippen molar-refractivity contribution in [3.05, 3.63) is 53.2 Å². The van der Waals surface area contributed by atoms with Gasteiger partial charge in [-0.25, -0.2) is 4.98 Å². The van der Waals surface area contributed by atoms with Crippen molar-refractivity contribution in [1.82, 2.24) is 15.6 Å². The Kier molecular flexibility index (Phi) is 6.87. The molecule has 160 valence electrons. The van der Waals surface area contributed by atoms with Crippen molar-refractivity contribution in [3.8, 4) is 0 Å². The standard InChI is InChI=1S/C22H27N3O5/c1-3-13(2)19(22-24-17(12-30-22)21(29)23-11-18(26)27)25-20(28)16-10-6-8-14-7-4-5-9-15(14)16/h4-5,7,9,12-13,16,19H,3,6,8,10-11H2,1-2H3,(H,23,29)(H,25,28)(H,26,27)/t13-,16?,19-/m0/s1. The van der Waals surface area contributed by atoms with Gasteiger partial charge in [-0.3, -0.25) is 14.4 Å². The molecule has 1 heterocycles. The highest BCUT2D eigenvalue weighted by atomic mass is 16.4. The van der Waals surface area contributed by atoms with Crippen LogP contribution < -0.4 is 10.6 Å². The normalized spacial score (nSPS) is 17.5. The summed E-state index contributed by atoms with van der Waals surface area (Å²) in [6, 6.07) is 7.53. The lowest BCUT2D eigenvalue weighted by Crippen LogP contribution is -2.37. The first-order valence-corrected chi connectivity index (χ1v) is 10.2. The monoisotopic (exact) mass is 413 g/mol. The minimum Gasteiger partial charge on any atom is -0.480 e. The fourth-order valence-corrected chi connectivity index (χ4v) is 3.74. The van der Waals surface area contributed by atoms with Gasteiger partial charge in [0.2, 0.25) is 11.8 Å². The summed E-state index contributed by atoms with van der Waals surface area (Å²) in [7, 11) is 0. The number of hydrogen-bond donors (Lipinski definition) is 3. The molecule has 3 rings (SSSR count). The summed E-state index contributed by atoms with van der Waals surface area (Å²) in [4.78, 5) is 40.0. The lowest BCUT2D eigenvalue weighted by atomic mass is 9.82. The molecule has 1 aromatic carbocycles. The topological polar surface area (TPSA) is 122 Å². The molecule has 3 N–H and O–H groups in total. The van der Waals surface area contributed by atoms with E-state index >= 15 is 0 Å². The summed E-state index contributed by atoms with van der Waals surface area (Å²) in [6.45, 7) is 3.48. The van der Waals surface area contributed by atoms with Gasteiger partial charge in [0, 0.05) is 0 Å². The smallest absolute Gasteiger partial charge is 0.322 e. The average Bonchev–Trinajstić information content (AvgIpc) is 3.24. The van der Waals surface area contributed by atoms with E-state index in [2.05, 4.69) is 21.7 Å². The molecule has 0 saturated heterocycles. The van der Waals surface area contributed by atoms with E-state index in [0.29, 0.717) is 0 Å². The summed E-state index contributed by atoms with van der Waals surface area (Å²) in [5.41, 5.74) is 2.25. The van der Waals surface area contributed by atoms with Gasteiger partial charge in [-0.05, 0) is 36.3 Å². The Balaban J connectivity index is 1.77. The van der Waals surface area contributed by atoms with E-state index in [4.69, 9.17) is 9.52 Å². The number of nitrogens with zero attached hydrogens (tertiary/aromatic N) is 1. The van der Waals surface area contributed by atoms with Crippen LogP contribution in [0.1, 0.15) is 72.6 Å². The first-order chi connectivity index (χ1) is 14.4. The number of oxazole rings is 1. The van der Waals surface area contributed by atoms with Crippen molar-refractivity contribution in [2.75, 3.05) is 6.54 Å².